The molecule has 0 fully saturated rings. The summed E-state index contributed by atoms with van der Waals surface area (Å²) < 4.78 is 11.2. The highest BCUT2D eigenvalue weighted by Crippen LogP contribution is 2.22. The second kappa shape index (κ2) is 9.94. The van der Waals surface area contributed by atoms with Gasteiger partial charge in [-0.1, -0.05) is 54.1 Å². The Morgan fingerprint density at radius 1 is 0.903 bits per heavy atom. The number of amides is 1. The van der Waals surface area contributed by atoms with Crippen LogP contribution in [0.2, 0.25) is 0 Å². The number of ether oxygens (including phenoxy) is 2. The van der Waals surface area contributed by atoms with E-state index in [0.717, 1.165) is 22.4 Å². The van der Waals surface area contributed by atoms with E-state index in [9.17, 15) is 9.59 Å². The first kappa shape index (κ1) is 22.1. The van der Waals surface area contributed by atoms with Gasteiger partial charge in [-0.2, -0.15) is 0 Å². The summed E-state index contributed by atoms with van der Waals surface area (Å²) in [4.78, 5) is 25.4. The lowest BCUT2D eigenvalue weighted by Crippen LogP contribution is -2.30. The topological polar surface area (TPSA) is 64.6 Å². The van der Waals surface area contributed by atoms with Crippen molar-refractivity contribution in [3.8, 4) is 5.75 Å². The van der Waals surface area contributed by atoms with Gasteiger partial charge in [-0.15, -0.1) is 0 Å². The molecule has 1 amide bonds. The van der Waals surface area contributed by atoms with Gasteiger partial charge in [0.1, 0.15) is 12.4 Å². The van der Waals surface area contributed by atoms with Crippen LogP contribution in [-0.2, 0) is 16.1 Å². The predicted molar refractivity (Wildman–Crippen MR) is 121 cm³/mol. The highest BCUT2D eigenvalue weighted by Gasteiger charge is 2.22. The fraction of sp³-hybridized carbons (Fsp3) is 0.231. The molecule has 1 atom stereocenters. The third-order valence-corrected chi connectivity index (χ3v) is 4.95. The molecule has 5 heteroatoms. The smallest absolute Gasteiger partial charge is 0.339 e. The van der Waals surface area contributed by atoms with Gasteiger partial charge in [0.25, 0.3) is 5.91 Å². The van der Waals surface area contributed by atoms with Gasteiger partial charge in [0, 0.05) is 11.3 Å². The molecule has 0 saturated heterocycles. The molecule has 0 aromatic heterocycles. The quantitative estimate of drug-likeness (QED) is 0.525. The van der Waals surface area contributed by atoms with Crippen molar-refractivity contribution >= 4 is 17.6 Å². The summed E-state index contributed by atoms with van der Waals surface area (Å²) >= 11 is 0. The van der Waals surface area contributed by atoms with Crippen molar-refractivity contribution in [3.63, 3.8) is 0 Å². The maximum atomic E-state index is 12.8. The number of carbonyl (C=O) groups is 2. The molecule has 3 aromatic carbocycles. The zero-order chi connectivity index (χ0) is 22.4. The Kier molecular flexibility index (Phi) is 7.08. The molecule has 3 aromatic rings. The van der Waals surface area contributed by atoms with Crippen LogP contribution >= 0.6 is 0 Å². The van der Waals surface area contributed by atoms with Crippen LogP contribution in [0.15, 0.2) is 66.7 Å². The third-order valence-electron chi connectivity index (χ3n) is 4.95. The molecule has 160 valence electrons. The minimum atomic E-state index is -0.948. The Hall–Kier alpha value is -3.60. The molecule has 0 aliphatic heterocycles. The van der Waals surface area contributed by atoms with Crippen LogP contribution in [0, 0.1) is 20.8 Å². The van der Waals surface area contributed by atoms with Crippen LogP contribution in [0.5, 0.6) is 5.75 Å². The standard InChI is InChI=1S/C26H27NO4/c1-17-14-18(2)24(19(3)15-17)27-25(28)20(4)31-26(29)23-13-9-8-10-21(23)16-30-22-11-6-5-7-12-22/h5-15,20H,16H2,1-4H3,(H,27,28)/t20-/m1/s1. The van der Waals surface area contributed by atoms with Gasteiger partial charge in [-0.05, 0) is 57.0 Å². The van der Waals surface area contributed by atoms with Crippen LogP contribution in [-0.4, -0.2) is 18.0 Å². The molecule has 0 unspecified atom stereocenters. The first-order valence-corrected chi connectivity index (χ1v) is 10.2. The largest absolute Gasteiger partial charge is 0.489 e. The number of hydrogen-bond donors (Lipinski definition) is 1. The van der Waals surface area contributed by atoms with Gasteiger partial charge in [-0.3, -0.25) is 4.79 Å². The Balaban J connectivity index is 1.66. The number of anilines is 1. The van der Waals surface area contributed by atoms with Crippen LogP contribution in [0.25, 0.3) is 0 Å². The van der Waals surface area contributed by atoms with Crippen molar-refractivity contribution in [2.75, 3.05) is 5.32 Å². The van der Waals surface area contributed by atoms with Gasteiger partial charge in [0.15, 0.2) is 6.10 Å². The average molecular weight is 418 g/mol. The van der Waals surface area contributed by atoms with Crippen molar-refractivity contribution < 1.29 is 19.1 Å². The molecular weight excluding hydrogens is 390 g/mol. The Morgan fingerprint density at radius 3 is 2.19 bits per heavy atom. The number of carbonyl (C=O) groups excluding carboxylic acids is 2. The second-order valence-electron chi connectivity index (χ2n) is 7.57. The van der Waals surface area contributed by atoms with E-state index in [0.29, 0.717) is 16.9 Å². The highest BCUT2D eigenvalue weighted by atomic mass is 16.5. The maximum Gasteiger partial charge on any atom is 0.339 e. The summed E-state index contributed by atoms with van der Waals surface area (Å²) in [7, 11) is 0. The van der Waals surface area contributed by atoms with Crippen molar-refractivity contribution in [2.24, 2.45) is 0 Å². The van der Waals surface area contributed by atoms with Crippen LogP contribution < -0.4 is 10.1 Å². The maximum absolute atomic E-state index is 12.8. The van der Waals surface area contributed by atoms with E-state index in [1.54, 1.807) is 19.1 Å². The summed E-state index contributed by atoms with van der Waals surface area (Å²) in [6, 6.07) is 20.4. The van der Waals surface area contributed by atoms with Crippen LogP contribution in [0.4, 0.5) is 5.69 Å². The SMILES string of the molecule is Cc1cc(C)c(NC(=O)[C@@H](C)OC(=O)c2ccccc2COc2ccccc2)c(C)c1. The minimum absolute atomic E-state index is 0.220. The van der Waals surface area contributed by atoms with E-state index in [-0.39, 0.29) is 12.5 Å². The summed E-state index contributed by atoms with van der Waals surface area (Å²) in [5.41, 5.74) is 4.87. The zero-order valence-corrected chi connectivity index (χ0v) is 18.3. The van der Waals surface area contributed by atoms with Crippen molar-refractivity contribution in [3.05, 3.63) is 94.5 Å². The molecule has 3 rings (SSSR count). The van der Waals surface area contributed by atoms with Crippen LogP contribution in [0.1, 0.15) is 39.5 Å². The third kappa shape index (κ3) is 5.72. The Morgan fingerprint density at radius 2 is 1.52 bits per heavy atom. The van der Waals surface area contributed by atoms with Gasteiger partial charge in [-0.25, -0.2) is 4.79 Å². The fourth-order valence-corrected chi connectivity index (χ4v) is 3.40. The van der Waals surface area contributed by atoms with Crippen molar-refractivity contribution in [2.45, 2.75) is 40.4 Å². The minimum Gasteiger partial charge on any atom is -0.489 e. The molecule has 0 saturated carbocycles. The number of para-hydroxylation sites is 1. The number of esters is 1. The summed E-state index contributed by atoms with van der Waals surface area (Å²) in [6.07, 6.45) is -0.948. The van der Waals surface area contributed by atoms with E-state index in [2.05, 4.69) is 5.32 Å². The lowest BCUT2D eigenvalue weighted by molar-refractivity contribution is -0.123. The number of benzene rings is 3. The normalized spacial score (nSPS) is 11.5. The highest BCUT2D eigenvalue weighted by molar-refractivity contribution is 5.98. The van der Waals surface area contributed by atoms with E-state index in [4.69, 9.17) is 9.47 Å². The Bertz CT molecular complexity index is 1050. The summed E-state index contributed by atoms with van der Waals surface area (Å²) in [6.45, 7) is 7.67. The number of rotatable bonds is 7. The zero-order valence-electron chi connectivity index (χ0n) is 18.3. The van der Waals surface area contributed by atoms with Crippen molar-refractivity contribution in [1.29, 1.82) is 0 Å². The first-order chi connectivity index (χ1) is 14.8. The molecule has 0 spiro atoms. The van der Waals surface area contributed by atoms with Crippen molar-refractivity contribution in [1.82, 2.24) is 0 Å². The molecule has 1 N–H and O–H groups in total. The lowest BCUT2D eigenvalue weighted by atomic mass is 10.0. The first-order valence-electron chi connectivity index (χ1n) is 10.2. The molecule has 0 heterocycles. The molecule has 0 bridgehead atoms. The molecular formula is C26H27NO4. The van der Waals surface area contributed by atoms with Gasteiger partial charge < -0.3 is 14.8 Å². The lowest BCUT2D eigenvalue weighted by Gasteiger charge is -2.17. The summed E-state index contributed by atoms with van der Waals surface area (Å²) in [5.74, 6) is -0.226. The monoisotopic (exact) mass is 417 g/mol. The van der Waals surface area contributed by atoms with Gasteiger partial charge in [0.05, 0.1) is 5.56 Å². The summed E-state index contributed by atoms with van der Waals surface area (Å²) in [5, 5.41) is 2.88. The molecule has 31 heavy (non-hydrogen) atoms. The molecule has 0 radical (unpaired) electrons. The van der Waals surface area contributed by atoms with E-state index in [1.165, 1.54) is 0 Å². The average Bonchev–Trinajstić information content (AvgIpc) is 2.75. The van der Waals surface area contributed by atoms with Gasteiger partial charge in [0.2, 0.25) is 0 Å². The second-order valence-corrected chi connectivity index (χ2v) is 7.57. The van der Waals surface area contributed by atoms with E-state index < -0.39 is 12.1 Å². The fourth-order valence-electron chi connectivity index (χ4n) is 3.40. The van der Waals surface area contributed by atoms with Crippen LogP contribution in [0.3, 0.4) is 0 Å². The predicted octanol–water partition coefficient (Wildman–Crippen LogP) is 5.37. The number of nitrogens with one attached hydrogen (secondary N) is 1. The number of hydrogen-bond acceptors (Lipinski definition) is 4. The Labute approximate surface area is 183 Å². The molecule has 0 aliphatic carbocycles. The molecule has 5 nitrogen and oxygen atoms in total. The number of aryl methyl sites for hydroxylation is 3. The van der Waals surface area contributed by atoms with Gasteiger partial charge >= 0.3 is 5.97 Å². The molecule has 0 aliphatic rings. The van der Waals surface area contributed by atoms with E-state index in [1.807, 2.05) is 75.4 Å². The van der Waals surface area contributed by atoms with E-state index >= 15 is 0 Å².